The molecular weight excluding hydrogens is 226 g/mol. The van der Waals surface area contributed by atoms with Gasteiger partial charge in [0, 0.05) is 11.8 Å². The smallest absolute Gasteiger partial charge is 0.239 e. The van der Waals surface area contributed by atoms with Gasteiger partial charge in [0.2, 0.25) is 11.8 Å². The van der Waals surface area contributed by atoms with Crippen LogP contribution < -0.4 is 10.6 Å². The van der Waals surface area contributed by atoms with Gasteiger partial charge in [-0.25, -0.2) is 4.98 Å². The number of thiazole rings is 1. The molecule has 1 rings (SSSR count). The number of carbonyl (C=O) groups is 2. The molecule has 1 aromatic heterocycles. The van der Waals surface area contributed by atoms with Gasteiger partial charge in [-0.3, -0.25) is 9.59 Å². The zero-order valence-electron chi connectivity index (χ0n) is 9.59. The Balaban J connectivity index is 2.37. The van der Waals surface area contributed by atoms with Crippen molar-refractivity contribution in [2.45, 2.75) is 27.3 Å². The van der Waals surface area contributed by atoms with Crippen molar-refractivity contribution in [1.29, 1.82) is 0 Å². The lowest BCUT2D eigenvalue weighted by Crippen LogP contribution is -2.35. The van der Waals surface area contributed by atoms with E-state index in [1.165, 1.54) is 6.92 Å². The van der Waals surface area contributed by atoms with Crippen LogP contribution >= 0.6 is 11.3 Å². The second kappa shape index (κ2) is 5.60. The number of hydrogen-bond acceptors (Lipinski definition) is 4. The van der Waals surface area contributed by atoms with E-state index in [9.17, 15) is 9.59 Å². The van der Waals surface area contributed by atoms with Gasteiger partial charge in [0.25, 0.3) is 0 Å². The van der Waals surface area contributed by atoms with Gasteiger partial charge in [-0.2, -0.15) is 0 Å². The van der Waals surface area contributed by atoms with Gasteiger partial charge in [-0.05, 0) is 13.8 Å². The van der Waals surface area contributed by atoms with Crippen molar-refractivity contribution >= 4 is 23.2 Å². The average Bonchev–Trinajstić information content (AvgIpc) is 2.51. The predicted octanol–water partition coefficient (Wildman–Crippen LogP) is 0.512. The molecule has 0 unspecified atom stereocenters. The van der Waals surface area contributed by atoms with E-state index >= 15 is 0 Å². The Labute approximate surface area is 98.3 Å². The summed E-state index contributed by atoms with van der Waals surface area (Å²) in [5, 5.41) is 6.15. The van der Waals surface area contributed by atoms with Crippen molar-refractivity contribution in [3.05, 3.63) is 15.6 Å². The summed E-state index contributed by atoms with van der Waals surface area (Å²) in [6, 6.07) is 0. The molecule has 0 saturated carbocycles. The standard InChI is InChI=1S/C10H15N3O2S/c1-6-9(16-8(3)13-6)4-12-10(15)5-11-7(2)14/h4-5H2,1-3H3,(H,11,14)(H,12,15). The zero-order valence-corrected chi connectivity index (χ0v) is 10.4. The van der Waals surface area contributed by atoms with Crippen LogP contribution in [0.3, 0.4) is 0 Å². The van der Waals surface area contributed by atoms with Crippen LogP contribution in [-0.2, 0) is 16.1 Å². The van der Waals surface area contributed by atoms with Crippen LogP contribution in [0.15, 0.2) is 0 Å². The Morgan fingerprint density at radius 1 is 1.31 bits per heavy atom. The minimum atomic E-state index is -0.208. The molecule has 0 aliphatic carbocycles. The third kappa shape index (κ3) is 3.98. The second-order valence-corrected chi connectivity index (χ2v) is 4.72. The van der Waals surface area contributed by atoms with Gasteiger partial charge < -0.3 is 10.6 Å². The summed E-state index contributed by atoms with van der Waals surface area (Å²) in [5.74, 6) is -0.402. The van der Waals surface area contributed by atoms with Gasteiger partial charge in [-0.1, -0.05) is 0 Å². The summed E-state index contributed by atoms with van der Waals surface area (Å²) in [5.41, 5.74) is 0.947. The molecule has 0 saturated heterocycles. The molecule has 2 amide bonds. The summed E-state index contributed by atoms with van der Waals surface area (Å²) < 4.78 is 0. The molecule has 88 valence electrons. The maximum absolute atomic E-state index is 11.3. The Morgan fingerprint density at radius 3 is 2.50 bits per heavy atom. The molecule has 0 radical (unpaired) electrons. The molecule has 0 aliphatic rings. The molecular formula is C10H15N3O2S. The monoisotopic (exact) mass is 241 g/mol. The maximum Gasteiger partial charge on any atom is 0.239 e. The molecule has 2 N–H and O–H groups in total. The third-order valence-electron chi connectivity index (χ3n) is 1.94. The number of aromatic nitrogens is 1. The Hall–Kier alpha value is -1.43. The molecule has 0 fully saturated rings. The van der Waals surface area contributed by atoms with E-state index in [0.29, 0.717) is 6.54 Å². The third-order valence-corrected chi connectivity index (χ3v) is 3.02. The van der Waals surface area contributed by atoms with Crippen LogP contribution in [0.1, 0.15) is 22.5 Å². The highest BCUT2D eigenvalue weighted by Crippen LogP contribution is 2.16. The number of rotatable bonds is 4. The van der Waals surface area contributed by atoms with Gasteiger partial charge in [0.1, 0.15) is 0 Å². The fourth-order valence-corrected chi connectivity index (χ4v) is 2.06. The number of nitrogens with one attached hydrogen (secondary N) is 2. The maximum atomic E-state index is 11.3. The SMILES string of the molecule is CC(=O)NCC(=O)NCc1sc(C)nc1C. The number of amides is 2. The van der Waals surface area contributed by atoms with Crippen LogP contribution in [0.4, 0.5) is 0 Å². The van der Waals surface area contributed by atoms with Crippen molar-refractivity contribution in [1.82, 2.24) is 15.6 Å². The number of aryl methyl sites for hydroxylation is 2. The molecule has 0 bridgehead atoms. The summed E-state index contributed by atoms with van der Waals surface area (Å²) in [6.45, 7) is 5.71. The topological polar surface area (TPSA) is 71.1 Å². The van der Waals surface area contributed by atoms with Crippen LogP contribution in [0, 0.1) is 13.8 Å². The van der Waals surface area contributed by atoms with Gasteiger partial charge >= 0.3 is 0 Å². The lowest BCUT2D eigenvalue weighted by Gasteiger charge is -2.04. The molecule has 6 heteroatoms. The minimum absolute atomic E-state index is 0.0200. The van der Waals surface area contributed by atoms with Crippen molar-refractivity contribution in [3.63, 3.8) is 0 Å². The Kier molecular flexibility index (Phi) is 4.42. The second-order valence-electron chi connectivity index (χ2n) is 3.43. The van der Waals surface area contributed by atoms with Gasteiger partial charge in [0.15, 0.2) is 0 Å². The molecule has 5 nitrogen and oxygen atoms in total. The van der Waals surface area contributed by atoms with E-state index in [4.69, 9.17) is 0 Å². The van der Waals surface area contributed by atoms with Crippen LogP contribution in [-0.4, -0.2) is 23.3 Å². The van der Waals surface area contributed by atoms with E-state index < -0.39 is 0 Å². The predicted molar refractivity (Wildman–Crippen MR) is 62.1 cm³/mol. The molecule has 0 aliphatic heterocycles. The van der Waals surface area contributed by atoms with Crippen LogP contribution in [0.5, 0.6) is 0 Å². The lowest BCUT2D eigenvalue weighted by molar-refractivity contribution is -0.125. The van der Waals surface area contributed by atoms with Gasteiger partial charge in [0.05, 0.1) is 23.8 Å². The highest BCUT2D eigenvalue weighted by Gasteiger charge is 2.06. The summed E-state index contributed by atoms with van der Waals surface area (Å²) in [6.07, 6.45) is 0. The quantitative estimate of drug-likeness (QED) is 0.807. The van der Waals surface area contributed by atoms with Crippen molar-refractivity contribution in [2.24, 2.45) is 0 Å². The summed E-state index contributed by atoms with van der Waals surface area (Å²) in [4.78, 5) is 27.2. The molecule has 1 heterocycles. The lowest BCUT2D eigenvalue weighted by atomic mass is 10.4. The van der Waals surface area contributed by atoms with Crippen molar-refractivity contribution in [3.8, 4) is 0 Å². The number of nitrogens with zero attached hydrogens (tertiary/aromatic N) is 1. The zero-order chi connectivity index (χ0) is 12.1. The van der Waals surface area contributed by atoms with E-state index in [2.05, 4.69) is 15.6 Å². The first-order chi connectivity index (χ1) is 7.49. The first-order valence-corrected chi connectivity index (χ1v) is 5.74. The Bertz CT molecular complexity index is 401. The highest BCUT2D eigenvalue weighted by atomic mass is 32.1. The van der Waals surface area contributed by atoms with E-state index in [1.54, 1.807) is 11.3 Å². The highest BCUT2D eigenvalue weighted by molar-refractivity contribution is 7.11. The van der Waals surface area contributed by atoms with Crippen LogP contribution in [0.2, 0.25) is 0 Å². The first-order valence-electron chi connectivity index (χ1n) is 4.93. The molecule has 1 aromatic rings. The van der Waals surface area contributed by atoms with E-state index in [0.717, 1.165) is 15.6 Å². The summed E-state index contributed by atoms with van der Waals surface area (Å²) in [7, 11) is 0. The molecule has 0 atom stereocenters. The van der Waals surface area contributed by atoms with Crippen molar-refractivity contribution in [2.75, 3.05) is 6.54 Å². The average molecular weight is 241 g/mol. The first kappa shape index (κ1) is 12.6. The number of hydrogen-bond donors (Lipinski definition) is 2. The minimum Gasteiger partial charge on any atom is -0.350 e. The van der Waals surface area contributed by atoms with Gasteiger partial charge in [-0.15, -0.1) is 11.3 Å². The normalized spacial score (nSPS) is 9.94. The largest absolute Gasteiger partial charge is 0.350 e. The Morgan fingerprint density at radius 2 is 2.00 bits per heavy atom. The van der Waals surface area contributed by atoms with E-state index in [-0.39, 0.29) is 18.4 Å². The number of carbonyl (C=O) groups excluding carboxylic acids is 2. The van der Waals surface area contributed by atoms with E-state index in [1.807, 2.05) is 13.8 Å². The fraction of sp³-hybridized carbons (Fsp3) is 0.500. The summed E-state index contributed by atoms with van der Waals surface area (Å²) >= 11 is 1.57. The molecule has 16 heavy (non-hydrogen) atoms. The molecule has 0 spiro atoms. The molecule has 0 aromatic carbocycles. The van der Waals surface area contributed by atoms with Crippen LogP contribution in [0.25, 0.3) is 0 Å². The van der Waals surface area contributed by atoms with Crippen molar-refractivity contribution < 1.29 is 9.59 Å². The fourth-order valence-electron chi connectivity index (χ4n) is 1.18.